The van der Waals surface area contributed by atoms with Crippen LogP contribution in [0.25, 0.3) is 33.3 Å². The second-order valence-corrected chi connectivity index (χ2v) is 21.2. The number of pyridine rings is 1. The first-order valence-electron chi connectivity index (χ1n) is 22.9. The van der Waals surface area contributed by atoms with Gasteiger partial charge in [-0.1, -0.05) is 43.2 Å². The van der Waals surface area contributed by atoms with Gasteiger partial charge in [-0.15, -0.1) is 0 Å². The van der Waals surface area contributed by atoms with E-state index in [4.69, 9.17) is 21.3 Å². The van der Waals surface area contributed by atoms with Crippen LogP contribution in [0.3, 0.4) is 0 Å². The Balaban J connectivity index is 0.893. The number of piperazine rings is 1. The molecule has 1 saturated heterocycles. The van der Waals surface area contributed by atoms with E-state index in [2.05, 4.69) is 55.9 Å². The molecule has 344 valence electrons. The molecule has 3 N–H and O–H groups in total. The SMILES string of the molecule is CC1(C)CCC(CN2CCN(c3ccc(C(=O)NS(=O)(=O)c4ccc(OC5CCC(NC6CC6)CC5)c([N+](=O)[O-])c4)c(-n4ncc5nc6[nH]ccc6cc54)c3)CC2)=C(c2ccc(Cl)cc2)C1. The van der Waals surface area contributed by atoms with Gasteiger partial charge in [-0.05, 0) is 129 Å². The molecule has 0 unspecified atom stereocenters. The van der Waals surface area contributed by atoms with Crippen LogP contribution in [0.5, 0.6) is 5.75 Å². The number of nitro groups is 1. The van der Waals surface area contributed by atoms with Crippen molar-refractivity contribution in [1.82, 2.24) is 34.7 Å². The summed E-state index contributed by atoms with van der Waals surface area (Å²) < 4.78 is 37.7. The molecule has 0 atom stereocenters. The number of aromatic amines is 1. The van der Waals surface area contributed by atoms with Gasteiger partial charge in [0.15, 0.2) is 5.75 Å². The summed E-state index contributed by atoms with van der Waals surface area (Å²) in [6.07, 6.45) is 12.0. The summed E-state index contributed by atoms with van der Waals surface area (Å²) in [5.74, 6) is -0.920. The fraction of sp³-hybridized carbons (Fsp3) is 0.408. The number of nitrogens with one attached hydrogen (secondary N) is 3. The van der Waals surface area contributed by atoms with Gasteiger partial charge in [0.05, 0.1) is 38.9 Å². The Morgan fingerprint density at radius 3 is 2.42 bits per heavy atom. The van der Waals surface area contributed by atoms with Gasteiger partial charge in [0.1, 0.15) is 11.2 Å². The van der Waals surface area contributed by atoms with Gasteiger partial charge in [0.25, 0.3) is 15.9 Å². The molecule has 15 nitrogen and oxygen atoms in total. The number of ether oxygens (including phenoxy) is 1. The summed E-state index contributed by atoms with van der Waals surface area (Å²) in [7, 11) is -4.59. The van der Waals surface area contributed by atoms with Gasteiger partial charge in [-0.25, -0.2) is 22.8 Å². The average molecular weight is 933 g/mol. The number of H-pyrrole nitrogens is 1. The number of allylic oxidation sites excluding steroid dienone is 1. The second kappa shape index (κ2) is 17.8. The van der Waals surface area contributed by atoms with E-state index in [0.717, 1.165) is 99.8 Å². The number of anilines is 1. The van der Waals surface area contributed by atoms with Crippen LogP contribution in [0.4, 0.5) is 11.4 Å². The third-order valence-corrected chi connectivity index (χ3v) is 15.3. The lowest BCUT2D eigenvalue weighted by atomic mass is 9.72. The summed E-state index contributed by atoms with van der Waals surface area (Å²) in [6.45, 7) is 8.68. The second-order valence-electron chi connectivity index (χ2n) is 19.1. The van der Waals surface area contributed by atoms with Crippen molar-refractivity contribution in [2.45, 2.75) is 94.7 Å². The van der Waals surface area contributed by atoms with E-state index in [1.54, 1.807) is 23.1 Å². The Morgan fingerprint density at radius 1 is 0.955 bits per heavy atom. The molecule has 4 aliphatic rings. The lowest BCUT2D eigenvalue weighted by Crippen LogP contribution is -2.47. The number of nitrogens with zero attached hydrogens (tertiary/aromatic N) is 6. The van der Waals surface area contributed by atoms with Crippen molar-refractivity contribution >= 4 is 66.5 Å². The van der Waals surface area contributed by atoms with Crippen molar-refractivity contribution in [2.75, 3.05) is 37.6 Å². The third kappa shape index (κ3) is 9.41. The molecule has 66 heavy (non-hydrogen) atoms. The molecule has 4 heterocycles. The number of carbonyl (C=O) groups excluding carboxylic acids is 1. The highest BCUT2D eigenvalue weighted by Gasteiger charge is 2.33. The van der Waals surface area contributed by atoms with E-state index in [1.165, 1.54) is 41.7 Å². The van der Waals surface area contributed by atoms with Crippen molar-refractivity contribution in [2.24, 2.45) is 5.41 Å². The van der Waals surface area contributed by atoms with Crippen LogP contribution in [0.1, 0.15) is 87.6 Å². The summed E-state index contributed by atoms with van der Waals surface area (Å²) in [6, 6.07) is 21.8. The third-order valence-electron chi connectivity index (χ3n) is 13.7. The van der Waals surface area contributed by atoms with Crippen molar-refractivity contribution in [3.8, 4) is 11.4 Å². The number of hydrogen-bond acceptors (Lipinski definition) is 11. The highest BCUT2D eigenvalue weighted by Crippen LogP contribution is 2.43. The molecule has 3 fully saturated rings. The minimum atomic E-state index is -4.59. The molecule has 6 aromatic rings. The van der Waals surface area contributed by atoms with E-state index in [1.807, 2.05) is 36.4 Å². The van der Waals surface area contributed by atoms with E-state index < -0.39 is 31.4 Å². The van der Waals surface area contributed by atoms with E-state index >= 15 is 0 Å². The zero-order valence-corrected chi connectivity index (χ0v) is 38.7. The van der Waals surface area contributed by atoms with Crippen molar-refractivity contribution < 1.29 is 22.9 Å². The number of fused-ring (bicyclic) bond motifs is 2. The largest absolute Gasteiger partial charge is 0.484 e. The molecule has 0 radical (unpaired) electrons. The number of aromatic nitrogens is 4. The summed E-state index contributed by atoms with van der Waals surface area (Å²) in [5.41, 5.74) is 7.00. The molecule has 2 saturated carbocycles. The van der Waals surface area contributed by atoms with E-state index in [-0.39, 0.29) is 22.8 Å². The zero-order chi connectivity index (χ0) is 45.7. The van der Waals surface area contributed by atoms with E-state index in [0.29, 0.717) is 34.5 Å². The van der Waals surface area contributed by atoms with Gasteiger partial charge in [0.2, 0.25) is 0 Å². The fourth-order valence-electron chi connectivity index (χ4n) is 9.85. The Kier molecular flexibility index (Phi) is 11.9. The number of amides is 1. The molecule has 3 aliphatic carbocycles. The molecule has 10 rings (SSSR count). The van der Waals surface area contributed by atoms with Gasteiger partial charge < -0.3 is 19.9 Å². The lowest BCUT2D eigenvalue weighted by molar-refractivity contribution is -0.386. The fourth-order valence-corrected chi connectivity index (χ4v) is 11.0. The molecule has 3 aromatic heterocycles. The zero-order valence-electron chi connectivity index (χ0n) is 37.1. The monoisotopic (exact) mass is 931 g/mol. The van der Waals surface area contributed by atoms with Gasteiger partial charge in [-0.2, -0.15) is 5.10 Å². The maximum absolute atomic E-state index is 14.3. The van der Waals surface area contributed by atoms with Crippen LogP contribution in [-0.2, 0) is 10.0 Å². The smallest absolute Gasteiger partial charge is 0.312 e. The summed E-state index contributed by atoms with van der Waals surface area (Å²) >= 11 is 6.26. The van der Waals surface area contributed by atoms with E-state index in [9.17, 15) is 23.3 Å². The first-order valence-corrected chi connectivity index (χ1v) is 24.8. The Labute approximate surface area is 388 Å². The van der Waals surface area contributed by atoms with Crippen molar-refractivity contribution in [3.05, 3.63) is 117 Å². The summed E-state index contributed by atoms with van der Waals surface area (Å²) in [5, 5.41) is 22.2. The molecular weight excluding hydrogens is 878 g/mol. The Hall–Kier alpha value is -5.81. The first kappa shape index (κ1) is 44.0. The molecule has 0 spiro atoms. The predicted molar refractivity (Wildman–Crippen MR) is 256 cm³/mol. The molecule has 3 aromatic carbocycles. The van der Waals surface area contributed by atoms with Gasteiger partial charge in [-0.3, -0.25) is 19.8 Å². The first-order chi connectivity index (χ1) is 31.7. The number of nitro benzene ring substituents is 1. The summed E-state index contributed by atoms with van der Waals surface area (Å²) in [4.78, 5) is 38.1. The highest BCUT2D eigenvalue weighted by molar-refractivity contribution is 7.90. The number of benzene rings is 3. The Morgan fingerprint density at radius 2 is 1.70 bits per heavy atom. The van der Waals surface area contributed by atoms with Crippen LogP contribution in [0.15, 0.2) is 95.7 Å². The van der Waals surface area contributed by atoms with Crippen LogP contribution >= 0.6 is 11.6 Å². The molecule has 1 aliphatic heterocycles. The van der Waals surface area contributed by atoms with Gasteiger partial charge in [0, 0.05) is 73.2 Å². The standard InChI is InChI=1S/C49H54ClN9O6S/c1-49(2)19-17-33(41(28-49)31-3-5-34(50)6-4-31)30-56-21-23-57(24-22-56)37-11-15-40(43(26-37)58-44-25-32-18-20-51-47(32)54-42(44)29-52-58)48(60)55-66(63,64)39-14-16-46(45(27-39)59(61)62)65-38-12-9-36(10-13-38)53-35-7-8-35/h3-6,11,14-16,18,20,25-27,29,35-36,38,53H,7-10,12-13,17,19,21-24,28,30H2,1-2H3,(H,51,54)(H,55,60). The number of rotatable bonds is 13. The Bertz CT molecular complexity index is 2960. The van der Waals surface area contributed by atoms with Crippen molar-refractivity contribution in [3.63, 3.8) is 0 Å². The number of carbonyl (C=O) groups is 1. The van der Waals surface area contributed by atoms with Crippen LogP contribution in [0.2, 0.25) is 5.02 Å². The van der Waals surface area contributed by atoms with Crippen LogP contribution < -0.4 is 19.7 Å². The highest BCUT2D eigenvalue weighted by atomic mass is 35.5. The topological polar surface area (TPSA) is 181 Å². The minimum absolute atomic E-state index is 0.00362. The van der Waals surface area contributed by atoms with Gasteiger partial charge >= 0.3 is 5.69 Å². The molecule has 1 amide bonds. The predicted octanol–water partition coefficient (Wildman–Crippen LogP) is 8.81. The molecular formula is C49H54ClN9O6S. The maximum Gasteiger partial charge on any atom is 0.312 e. The number of halogens is 1. The molecule has 17 heteroatoms. The van der Waals surface area contributed by atoms with Crippen molar-refractivity contribution in [1.29, 1.82) is 0 Å². The average Bonchev–Trinajstić information content (AvgIpc) is 3.84. The lowest BCUT2D eigenvalue weighted by Gasteiger charge is -2.39. The minimum Gasteiger partial charge on any atom is -0.484 e. The van der Waals surface area contributed by atoms with Crippen LogP contribution in [-0.4, -0.2) is 94.8 Å². The quantitative estimate of drug-likeness (QED) is 0.0744. The normalized spacial score (nSPS) is 20.5. The van der Waals surface area contributed by atoms with Crippen LogP contribution in [0, 0.1) is 15.5 Å². The number of sulfonamides is 1. The maximum atomic E-state index is 14.3. The molecule has 0 bridgehead atoms. The number of hydrogen-bond donors (Lipinski definition) is 3.